The molecule has 0 fully saturated rings. The second kappa shape index (κ2) is 49.8. The van der Waals surface area contributed by atoms with E-state index in [4.69, 9.17) is 17.9 Å². The van der Waals surface area contributed by atoms with Gasteiger partial charge in [-0.25, -0.2) is 0 Å². The lowest BCUT2D eigenvalue weighted by Crippen LogP contribution is -2.02. The average Bonchev–Trinajstić information content (AvgIpc) is 3.40. The van der Waals surface area contributed by atoms with E-state index >= 15 is 0 Å². The standard InChI is InChI=1S/C31H51N3O4.C25H48.C6H4IN3O4/c1-3-5-7-9-11-13-14-16-18-20-22-27(21-19-17-15-12-10-8-6-4-2)23-24-28-25-29(33(35)36)31(32)30(26-28)34(37)38;1-4-7-9-11-13-15-16-18-20-22-24-25(6-3)23-21-19-17-14-12-10-8-5-2;7-3-1-4(9(11)12)6(8)5(2-3)10(13)14/h25-27H,3-22,32H2,1-2H3;3,25H,4-5,7-24H2,1-2H3;1-2H,8H2. The highest BCUT2D eigenvalue weighted by molar-refractivity contribution is 14.1. The van der Waals surface area contributed by atoms with E-state index in [-0.39, 0.29) is 11.5 Å². The first-order valence-corrected chi connectivity index (χ1v) is 31.3. The number of nitro benzene ring substituents is 4. The van der Waals surface area contributed by atoms with Crippen molar-refractivity contribution in [2.24, 2.45) is 11.8 Å². The Kier molecular flexibility index (Phi) is 46.8. The van der Waals surface area contributed by atoms with Gasteiger partial charge in [0.15, 0.2) is 11.4 Å². The molecule has 2 rings (SSSR count). The molecule has 15 heteroatoms. The Labute approximate surface area is 479 Å². The summed E-state index contributed by atoms with van der Waals surface area (Å²) in [7, 11) is 0. The molecule has 2 atom stereocenters. The van der Waals surface area contributed by atoms with Crippen LogP contribution in [0.25, 0.3) is 0 Å². The first-order valence-electron chi connectivity index (χ1n) is 30.3. The van der Waals surface area contributed by atoms with Crippen LogP contribution in [0.4, 0.5) is 34.1 Å². The van der Waals surface area contributed by atoms with Crippen molar-refractivity contribution in [3.63, 3.8) is 0 Å². The lowest BCUT2D eigenvalue weighted by atomic mass is 9.94. The van der Waals surface area contributed by atoms with Gasteiger partial charge < -0.3 is 11.5 Å². The molecule has 0 bridgehead atoms. The van der Waals surface area contributed by atoms with Crippen LogP contribution in [-0.2, 0) is 0 Å². The molecular weight excluding hydrogens is 1080 g/mol. The van der Waals surface area contributed by atoms with Crippen LogP contribution in [0.5, 0.6) is 0 Å². The number of nitrogens with two attached hydrogens (primary N) is 2. The lowest BCUT2D eigenvalue weighted by molar-refractivity contribution is -0.392. The van der Waals surface area contributed by atoms with E-state index in [1.54, 1.807) is 22.6 Å². The summed E-state index contributed by atoms with van der Waals surface area (Å²) in [5.41, 5.74) is 8.56. The zero-order valence-electron chi connectivity index (χ0n) is 48.4. The van der Waals surface area contributed by atoms with E-state index in [1.165, 1.54) is 255 Å². The van der Waals surface area contributed by atoms with Gasteiger partial charge in [-0.2, -0.15) is 0 Å². The molecule has 0 aliphatic carbocycles. The van der Waals surface area contributed by atoms with Gasteiger partial charge in [0, 0.05) is 45.2 Å². The molecule has 0 radical (unpaired) electrons. The van der Waals surface area contributed by atoms with Crippen LogP contribution in [0.15, 0.2) is 24.3 Å². The minimum atomic E-state index is -0.746. The monoisotopic (exact) mass is 1190 g/mol. The van der Waals surface area contributed by atoms with Crippen molar-refractivity contribution < 1.29 is 19.7 Å². The molecule has 0 heterocycles. The first kappa shape index (κ1) is 72.5. The summed E-state index contributed by atoms with van der Waals surface area (Å²) in [4.78, 5) is 40.7. The van der Waals surface area contributed by atoms with E-state index in [0.29, 0.717) is 9.49 Å². The number of hydrogen-bond donors (Lipinski definition) is 2. The average molecular weight is 1190 g/mol. The summed E-state index contributed by atoms with van der Waals surface area (Å²) in [6.07, 6.45) is 58.6. The molecule has 2 aromatic rings. The van der Waals surface area contributed by atoms with Gasteiger partial charge in [-0.1, -0.05) is 271 Å². The van der Waals surface area contributed by atoms with Crippen molar-refractivity contribution in [3.05, 3.63) is 73.9 Å². The Bertz CT molecular complexity index is 1930. The first-order chi connectivity index (χ1) is 37.2. The number of rotatable bonds is 44. The Morgan fingerprint density at radius 1 is 0.403 bits per heavy atom. The molecule has 14 nitrogen and oxygen atoms in total. The highest BCUT2D eigenvalue weighted by Gasteiger charge is 2.25. The third-order valence-corrected chi connectivity index (χ3v) is 14.9. The van der Waals surface area contributed by atoms with Crippen LogP contribution in [0, 0.1) is 80.0 Å². The summed E-state index contributed by atoms with van der Waals surface area (Å²) in [6.45, 7) is 9.05. The molecule has 0 saturated carbocycles. The number of benzene rings is 2. The molecule has 2 aromatic carbocycles. The normalized spacial score (nSPS) is 11.5. The highest BCUT2D eigenvalue weighted by Crippen LogP contribution is 2.34. The molecule has 0 aromatic heterocycles. The molecule has 436 valence electrons. The van der Waals surface area contributed by atoms with Crippen LogP contribution >= 0.6 is 22.6 Å². The molecule has 0 saturated heterocycles. The van der Waals surface area contributed by atoms with Crippen LogP contribution in [-0.4, -0.2) is 19.7 Å². The number of nitrogens with zero attached hydrogens (tertiary/aromatic N) is 4. The fraction of sp³-hybridized carbons (Fsp3) is 0.742. The van der Waals surface area contributed by atoms with Crippen molar-refractivity contribution in [1.29, 1.82) is 0 Å². The summed E-state index contributed by atoms with van der Waals surface area (Å²) in [5, 5.41) is 43.6. The van der Waals surface area contributed by atoms with Crippen LogP contribution in [0.3, 0.4) is 0 Å². The summed E-state index contributed by atoms with van der Waals surface area (Å²) in [5.74, 6) is 10.1. The summed E-state index contributed by atoms with van der Waals surface area (Å²) >= 11 is 1.75. The quantitative estimate of drug-likeness (QED) is 0.0159. The van der Waals surface area contributed by atoms with Crippen molar-refractivity contribution in [2.75, 3.05) is 11.5 Å². The lowest BCUT2D eigenvalue weighted by Gasteiger charge is -2.11. The zero-order chi connectivity index (χ0) is 57.3. The number of terminal acetylenes is 1. The Morgan fingerprint density at radius 2 is 0.623 bits per heavy atom. The van der Waals surface area contributed by atoms with Gasteiger partial charge in [0.05, 0.1) is 19.7 Å². The van der Waals surface area contributed by atoms with Gasteiger partial charge in [0.25, 0.3) is 22.7 Å². The number of anilines is 2. The van der Waals surface area contributed by atoms with Gasteiger partial charge in [0.1, 0.15) is 0 Å². The third kappa shape index (κ3) is 38.7. The maximum atomic E-state index is 11.3. The van der Waals surface area contributed by atoms with Crippen molar-refractivity contribution in [2.45, 2.75) is 285 Å². The SMILES string of the molecule is C#CC(CCCCCCCCCC)CCCCCCCCCCCC.CCCCCCCCCCCCC(C#Cc1cc([N+](=O)[O-])c(N)c([N+](=O)[O-])c1)CCCCCCCCCC.Nc1c([N+](=O)[O-])cc(I)cc1[N+](=O)[O-]. The molecule has 4 N–H and O–H groups in total. The molecule has 77 heavy (non-hydrogen) atoms. The number of nitrogen functional groups attached to an aromatic ring is 2. The van der Waals surface area contributed by atoms with Gasteiger partial charge in [0.2, 0.25) is 0 Å². The van der Waals surface area contributed by atoms with Gasteiger partial charge >= 0.3 is 0 Å². The van der Waals surface area contributed by atoms with Gasteiger partial charge in [-0.05, 0) is 48.3 Å². The number of nitro groups is 4. The summed E-state index contributed by atoms with van der Waals surface area (Å²) < 4.78 is 0.398. The zero-order valence-corrected chi connectivity index (χ0v) is 50.6. The fourth-order valence-corrected chi connectivity index (χ4v) is 10.1. The minimum Gasteiger partial charge on any atom is -0.387 e. The fourth-order valence-electron chi connectivity index (χ4n) is 9.48. The van der Waals surface area contributed by atoms with E-state index in [2.05, 4.69) is 45.5 Å². The highest BCUT2D eigenvalue weighted by atomic mass is 127. The van der Waals surface area contributed by atoms with Crippen LogP contribution < -0.4 is 11.5 Å². The van der Waals surface area contributed by atoms with E-state index < -0.39 is 53.8 Å². The Hall–Kier alpha value is -4.51. The van der Waals surface area contributed by atoms with E-state index in [0.717, 1.165) is 25.7 Å². The number of halogens is 1. The predicted molar refractivity (Wildman–Crippen MR) is 331 cm³/mol. The van der Waals surface area contributed by atoms with Crippen molar-refractivity contribution in [3.8, 4) is 24.2 Å². The maximum absolute atomic E-state index is 11.3. The number of unbranched alkanes of at least 4 members (excludes halogenated alkanes) is 32. The molecule has 0 amide bonds. The maximum Gasteiger partial charge on any atom is 0.300 e. The molecule has 0 aliphatic heterocycles. The molecule has 0 aliphatic rings. The molecular formula is C62H103IN6O8. The summed E-state index contributed by atoms with van der Waals surface area (Å²) in [6, 6.07) is 4.87. The Morgan fingerprint density at radius 3 is 0.857 bits per heavy atom. The van der Waals surface area contributed by atoms with E-state index in [1.807, 2.05) is 0 Å². The number of hydrogen-bond acceptors (Lipinski definition) is 10. The smallest absolute Gasteiger partial charge is 0.300 e. The van der Waals surface area contributed by atoms with Crippen LogP contribution in [0.2, 0.25) is 0 Å². The second-order valence-electron chi connectivity index (χ2n) is 21.1. The Balaban J connectivity index is 0.00000126. The topological polar surface area (TPSA) is 225 Å². The molecule has 0 spiro atoms. The third-order valence-electron chi connectivity index (χ3n) is 14.3. The van der Waals surface area contributed by atoms with Gasteiger partial charge in [-0.3, -0.25) is 40.5 Å². The second-order valence-corrected chi connectivity index (χ2v) is 22.4. The predicted octanol–water partition coefficient (Wildman–Crippen LogP) is 20.7. The van der Waals surface area contributed by atoms with E-state index in [9.17, 15) is 40.5 Å². The van der Waals surface area contributed by atoms with Crippen molar-refractivity contribution in [1.82, 2.24) is 0 Å². The van der Waals surface area contributed by atoms with Crippen LogP contribution in [0.1, 0.15) is 290 Å². The molecule has 2 unspecified atom stereocenters. The minimum absolute atomic E-state index is 0.194. The van der Waals surface area contributed by atoms with Crippen molar-refractivity contribution >= 4 is 56.7 Å². The largest absolute Gasteiger partial charge is 0.387 e. The van der Waals surface area contributed by atoms with Gasteiger partial charge in [-0.15, -0.1) is 12.3 Å².